The number of halogens is 1. The van der Waals surface area contributed by atoms with Crippen molar-refractivity contribution in [3.63, 3.8) is 0 Å². The van der Waals surface area contributed by atoms with Crippen molar-refractivity contribution in [2.24, 2.45) is 7.05 Å². The number of hydrogen-bond acceptors (Lipinski definition) is 1. The molecular formula is C16H14ClN3O. The van der Waals surface area contributed by atoms with Gasteiger partial charge in [0, 0.05) is 34.9 Å². The minimum absolute atomic E-state index is 0.284. The van der Waals surface area contributed by atoms with Crippen molar-refractivity contribution in [2.75, 3.05) is 10.6 Å². The Bertz CT molecular complexity index is 793. The molecule has 0 saturated heterocycles. The number of aromatic nitrogens is 1. The SMILES string of the molecule is Cn1cc(NC(=O)Nc2ccc(Cl)cc2)c2ccccc21. The fourth-order valence-electron chi connectivity index (χ4n) is 2.26. The van der Waals surface area contributed by atoms with Gasteiger partial charge in [-0.15, -0.1) is 0 Å². The number of carbonyl (C=O) groups excluding carboxylic acids is 1. The molecule has 21 heavy (non-hydrogen) atoms. The number of benzene rings is 2. The van der Waals surface area contributed by atoms with Crippen LogP contribution in [0.5, 0.6) is 0 Å². The number of rotatable bonds is 2. The molecule has 0 saturated carbocycles. The van der Waals surface area contributed by atoms with Crippen LogP contribution in [0, 0.1) is 0 Å². The van der Waals surface area contributed by atoms with E-state index in [1.165, 1.54) is 0 Å². The van der Waals surface area contributed by atoms with Crippen LogP contribution in [0.4, 0.5) is 16.2 Å². The number of nitrogens with zero attached hydrogens (tertiary/aromatic N) is 1. The highest BCUT2D eigenvalue weighted by Crippen LogP contribution is 2.25. The molecule has 1 aromatic heterocycles. The molecule has 0 aliphatic carbocycles. The second-order valence-electron chi connectivity index (χ2n) is 4.76. The Hall–Kier alpha value is -2.46. The van der Waals surface area contributed by atoms with Crippen LogP contribution in [0.3, 0.4) is 0 Å². The summed E-state index contributed by atoms with van der Waals surface area (Å²) in [6.45, 7) is 0. The van der Waals surface area contributed by atoms with Gasteiger partial charge in [0.1, 0.15) is 0 Å². The van der Waals surface area contributed by atoms with Crippen LogP contribution in [0.25, 0.3) is 10.9 Å². The van der Waals surface area contributed by atoms with Crippen molar-refractivity contribution in [3.05, 3.63) is 59.8 Å². The largest absolute Gasteiger partial charge is 0.348 e. The van der Waals surface area contributed by atoms with Gasteiger partial charge in [0.2, 0.25) is 0 Å². The Balaban J connectivity index is 1.79. The minimum atomic E-state index is -0.284. The molecule has 2 N–H and O–H groups in total. The molecule has 2 amide bonds. The van der Waals surface area contributed by atoms with Gasteiger partial charge in [-0.1, -0.05) is 29.8 Å². The van der Waals surface area contributed by atoms with Gasteiger partial charge in [0.25, 0.3) is 0 Å². The van der Waals surface area contributed by atoms with E-state index < -0.39 is 0 Å². The molecule has 0 aliphatic heterocycles. The second-order valence-corrected chi connectivity index (χ2v) is 5.19. The Labute approximate surface area is 127 Å². The Morgan fingerprint density at radius 3 is 2.52 bits per heavy atom. The maximum Gasteiger partial charge on any atom is 0.323 e. The molecule has 0 fully saturated rings. The van der Waals surface area contributed by atoms with E-state index in [2.05, 4.69) is 10.6 Å². The summed E-state index contributed by atoms with van der Waals surface area (Å²) in [5, 5.41) is 7.28. The fourth-order valence-corrected chi connectivity index (χ4v) is 2.39. The number of nitrogens with one attached hydrogen (secondary N) is 2. The highest BCUT2D eigenvalue weighted by atomic mass is 35.5. The quantitative estimate of drug-likeness (QED) is 0.720. The summed E-state index contributed by atoms with van der Waals surface area (Å²) >= 11 is 5.82. The molecule has 0 radical (unpaired) electrons. The minimum Gasteiger partial charge on any atom is -0.348 e. The summed E-state index contributed by atoms with van der Waals surface area (Å²) in [6.07, 6.45) is 1.89. The van der Waals surface area contributed by atoms with Crippen molar-refractivity contribution >= 4 is 39.9 Å². The topological polar surface area (TPSA) is 46.1 Å². The second kappa shape index (κ2) is 5.50. The Kier molecular flexibility index (Phi) is 3.54. The normalized spacial score (nSPS) is 10.6. The van der Waals surface area contributed by atoms with Gasteiger partial charge in [-0.05, 0) is 30.3 Å². The number of anilines is 2. The van der Waals surface area contributed by atoms with Crippen LogP contribution < -0.4 is 10.6 Å². The summed E-state index contributed by atoms with van der Waals surface area (Å²) in [5.41, 5.74) is 2.54. The lowest BCUT2D eigenvalue weighted by atomic mass is 10.2. The highest BCUT2D eigenvalue weighted by Gasteiger charge is 2.09. The zero-order valence-corrected chi connectivity index (χ0v) is 12.2. The van der Waals surface area contributed by atoms with E-state index in [-0.39, 0.29) is 6.03 Å². The number of para-hydroxylation sites is 1. The van der Waals surface area contributed by atoms with Gasteiger partial charge in [-0.25, -0.2) is 4.79 Å². The Morgan fingerprint density at radius 1 is 1.05 bits per heavy atom. The predicted octanol–water partition coefficient (Wildman–Crippen LogP) is 4.48. The van der Waals surface area contributed by atoms with E-state index in [0.717, 1.165) is 16.6 Å². The van der Waals surface area contributed by atoms with Crippen LogP contribution in [0.1, 0.15) is 0 Å². The smallest absolute Gasteiger partial charge is 0.323 e. The average Bonchev–Trinajstić information content (AvgIpc) is 2.78. The first-order chi connectivity index (χ1) is 10.1. The summed E-state index contributed by atoms with van der Waals surface area (Å²) < 4.78 is 1.98. The van der Waals surface area contributed by atoms with Crippen molar-refractivity contribution in [1.82, 2.24) is 4.57 Å². The molecule has 2 aromatic carbocycles. The molecule has 1 heterocycles. The lowest BCUT2D eigenvalue weighted by molar-refractivity contribution is 0.262. The molecular weight excluding hydrogens is 286 g/mol. The molecule has 3 rings (SSSR count). The third-order valence-electron chi connectivity index (χ3n) is 3.25. The van der Waals surface area contributed by atoms with Crippen LogP contribution >= 0.6 is 11.6 Å². The zero-order valence-electron chi connectivity index (χ0n) is 11.4. The first-order valence-electron chi connectivity index (χ1n) is 6.51. The molecule has 0 unspecified atom stereocenters. The number of hydrogen-bond donors (Lipinski definition) is 2. The molecule has 4 nitrogen and oxygen atoms in total. The number of aryl methyl sites for hydroxylation is 1. The van der Waals surface area contributed by atoms with Gasteiger partial charge in [-0.2, -0.15) is 0 Å². The molecule has 5 heteroatoms. The third-order valence-corrected chi connectivity index (χ3v) is 3.50. The molecule has 106 valence electrons. The summed E-state index contributed by atoms with van der Waals surface area (Å²) in [6, 6.07) is 14.6. The van der Waals surface area contributed by atoms with Crippen molar-refractivity contribution in [3.8, 4) is 0 Å². The van der Waals surface area contributed by atoms with E-state index in [9.17, 15) is 4.79 Å². The third kappa shape index (κ3) is 2.85. The summed E-state index contributed by atoms with van der Waals surface area (Å²) in [7, 11) is 1.95. The van der Waals surface area contributed by atoms with Gasteiger partial charge in [0.15, 0.2) is 0 Å². The van der Waals surface area contributed by atoms with E-state index in [1.54, 1.807) is 24.3 Å². The molecule has 0 aliphatic rings. The first kappa shape index (κ1) is 13.5. The lowest BCUT2D eigenvalue weighted by Crippen LogP contribution is -2.19. The van der Waals surface area contributed by atoms with Crippen LogP contribution in [-0.4, -0.2) is 10.6 Å². The van der Waals surface area contributed by atoms with Gasteiger partial charge >= 0.3 is 6.03 Å². The number of carbonyl (C=O) groups is 1. The lowest BCUT2D eigenvalue weighted by Gasteiger charge is -2.06. The number of amides is 2. The van der Waals surface area contributed by atoms with Crippen LogP contribution in [-0.2, 0) is 7.05 Å². The van der Waals surface area contributed by atoms with Gasteiger partial charge in [0.05, 0.1) is 5.69 Å². The van der Waals surface area contributed by atoms with Crippen molar-refractivity contribution in [1.29, 1.82) is 0 Å². The highest BCUT2D eigenvalue weighted by molar-refractivity contribution is 6.30. The van der Waals surface area contributed by atoms with Crippen LogP contribution in [0.15, 0.2) is 54.7 Å². The average molecular weight is 300 g/mol. The van der Waals surface area contributed by atoms with E-state index in [4.69, 9.17) is 11.6 Å². The molecule has 3 aromatic rings. The number of fused-ring (bicyclic) bond motifs is 1. The maximum absolute atomic E-state index is 12.1. The number of urea groups is 1. The molecule has 0 atom stereocenters. The monoisotopic (exact) mass is 299 g/mol. The van der Waals surface area contributed by atoms with Gasteiger partial charge in [-0.3, -0.25) is 0 Å². The predicted molar refractivity (Wildman–Crippen MR) is 87.0 cm³/mol. The maximum atomic E-state index is 12.1. The summed E-state index contributed by atoms with van der Waals surface area (Å²) in [4.78, 5) is 12.1. The van der Waals surface area contributed by atoms with Gasteiger partial charge < -0.3 is 15.2 Å². The standard InChI is InChI=1S/C16H14ClN3O/c1-20-10-14(13-4-2-3-5-15(13)20)19-16(21)18-12-8-6-11(17)7-9-12/h2-10H,1H3,(H2,18,19,21). The zero-order chi connectivity index (χ0) is 14.8. The fraction of sp³-hybridized carbons (Fsp3) is 0.0625. The van der Waals surface area contributed by atoms with Crippen molar-refractivity contribution < 1.29 is 4.79 Å². The Morgan fingerprint density at radius 2 is 1.76 bits per heavy atom. The first-order valence-corrected chi connectivity index (χ1v) is 6.89. The molecule has 0 spiro atoms. The van der Waals surface area contributed by atoms with Crippen LogP contribution in [0.2, 0.25) is 5.02 Å². The molecule has 0 bridgehead atoms. The van der Waals surface area contributed by atoms with E-state index >= 15 is 0 Å². The van der Waals surface area contributed by atoms with E-state index in [1.807, 2.05) is 42.1 Å². The van der Waals surface area contributed by atoms with E-state index in [0.29, 0.717) is 10.7 Å². The van der Waals surface area contributed by atoms with Crippen molar-refractivity contribution in [2.45, 2.75) is 0 Å². The summed E-state index contributed by atoms with van der Waals surface area (Å²) in [5.74, 6) is 0.